The van der Waals surface area contributed by atoms with Crippen LogP contribution in [0.5, 0.6) is 0 Å². The zero-order chi connectivity index (χ0) is 23.8. The monoisotopic (exact) mass is 458 g/mol. The summed E-state index contributed by atoms with van der Waals surface area (Å²) in [6, 6.07) is 9.05. The minimum Gasteiger partial charge on any atom is -0.452 e. The highest BCUT2D eigenvalue weighted by molar-refractivity contribution is 5.98. The van der Waals surface area contributed by atoms with Crippen molar-refractivity contribution in [1.29, 1.82) is 0 Å². The number of esters is 1. The fourth-order valence-corrected chi connectivity index (χ4v) is 4.47. The van der Waals surface area contributed by atoms with E-state index in [2.05, 4.69) is 25.4 Å². The Morgan fingerprint density at radius 2 is 1.79 bits per heavy atom. The minimum absolute atomic E-state index is 0.362. The van der Waals surface area contributed by atoms with Crippen molar-refractivity contribution < 1.29 is 14.3 Å². The van der Waals surface area contributed by atoms with Gasteiger partial charge in [0.2, 0.25) is 0 Å². The maximum atomic E-state index is 12.7. The molecule has 0 saturated heterocycles. The highest BCUT2D eigenvalue weighted by atomic mass is 16.5. The average Bonchev–Trinajstić information content (AvgIpc) is 3.36. The van der Waals surface area contributed by atoms with Crippen LogP contribution >= 0.6 is 0 Å². The SMILES string of the molecule is Cc1cc(C)nc(-n2nc(C)cc2NC(=O)COC(=O)c2ccc3[nH]c4c(c3c2)CCCC4)n1. The molecule has 0 atom stereocenters. The van der Waals surface area contributed by atoms with Crippen molar-refractivity contribution in [1.82, 2.24) is 24.7 Å². The largest absolute Gasteiger partial charge is 0.452 e. The molecule has 34 heavy (non-hydrogen) atoms. The van der Waals surface area contributed by atoms with Gasteiger partial charge in [-0.3, -0.25) is 4.79 Å². The number of carbonyl (C=O) groups excluding carboxylic acids is 2. The molecule has 9 heteroatoms. The predicted octanol–water partition coefficient (Wildman–Crippen LogP) is 3.74. The maximum Gasteiger partial charge on any atom is 0.338 e. The number of H-pyrrole nitrogens is 1. The van der Waals surface area contributed by atoms with Crippen molar-refractivity contribution in [3.05, 3.63) is 64.2 Å². The van der Waals surface area contributed by atoms with Gasteiger partial charge in [-0.05, 0) is 76.3 Å². The number of amides is 1. The summed E-state index contributed by atoms with van der Waals surface area (Å²) in [6.07, 6.45) is 4.37. The Morgan fingerprint density at radius 3 is 2.59 bits per heavy atom. The first-order chi connectivity index (χ1) is 16.4. The third kappa shape index (κ3) is 4.28. The highest BCUT2D eigenvalue weighted by Gasteiger charge is 2.19. The van der Waals surface area contributed by atoms with E-state index in [1.165, 1.54) is 22.4 Å². The first-order valence-electron chi connectivity index (χ1n) is 11.4. The Labute approximate surface area is 196 Å². The Kier molecular flexibility index (Phi) is 5.61. The van der Waals surface area contributed by atoms with E-state index in [4.69, 9.17) is 4.74 Å². The molecule has 3 heterocycles. The number of ether oxygens (including phenoxy) is 1. The number of rotatable bonds is 5. The fraction of sp³-hybridized carbons (Fsp3) is 0.320. The van der Waals surface area contributed by atoms with Crippen molar-refractivity contribution in [3.8, 4) is 5.95 Å². The molecule has 0 radical (unpaired) electrons. The molecule has 3 aromatic heterocycles. The van der Waals surface area contributed by atoms with Crippen molar-refractivity contribution in [2.75, 3.05) is 11.9 Å². The molecule has 0 fully saturated rings. The molecular formula is C25H26N6O3. The summed E-state index contributed by atoms with van der Waals surface area (Å²) >= 11 is 0. The van der Waals surface area contributed by atoms with Crippen LogP contribution in [0.25, 0.3) is 16.9 Å². The van der Waals surface area contributed by atoms with E-state index in [0.717, 1.165) is 41.6 Å². The zero-order valence-corrected chi connectivity index (χ0v) is 19.4. The van der Waals surface area contributed by atoms with Crippen LogP contribution in [-0.4, -0.2) is 43.2 Å². The van der Waals surface area contributed by atoms with Gasteiger partial charge in [0.05, 0.1) is 11.3 Å². The molecule has 1 aliphatic rings. The molecule has 1 amide bonds. The second-order valence-electron chi connectivity index (χ2n) is 8.71. The molecule has 0 saturated carbocycles. The molecular weight excluding hydrogens is 432 g/mol. The summed E-state index contributed by atoms with van der Waals surface area (Å²) in [5.41, 5.74) is 6.27. The Bertz CT molecular complexity index is 1400. The molecule has 1 aromatic carbocycles. The number of hydrogen-bond donors (Lipinski definition) is 2. The van der Waals surface area contributed by atoms with E-state index in [-0.39, 0.29) is 0 Å². The summed E-state index contributed by atoms with van der Waals surface area (Å²) in [5, 5.41) is 8.18. The zero-order valence-electron chi connectivity index (χ0n) is 19.4. The standard InChI is InChI=1S/C25H26N6O3/c1-14-10-15(2)27-25(26-14)31-22(11-16(3)30-31)29-23(32)13-34-24(33)17-8-9-21-19(12-17)18-6-4-5-7-20(18)28-21/h8-12,28H,4-7,13H2,1-3H3,(H,29,32). The minimum atomic E-state index is -0.537. The van der Waals surface area contributed by atoms with Gasteiger partial charge < -0.3 is 15.0 Å². The van der Waals surface area contributed by atoms with E-state index in [1.54, 1.807) is 12.1 Å². The van der Waals surface area contributed by atoms with Crippen LogP contribution in [0.4, 0.5) is 5.82 Å². The van der Waals surface area contributed by atoms with Gasteiger partial charge in [0.25, 0.3) is 11.9 Å². The maximum absolute atomic E-state index is 12.7. The number of anilines is 1. The number of nitrogens with one attached hydrogen (secondary N) is 2. The lowest BCUT2D eigenvalue weighted by Crippen LogP contribution is -2.22. The Morgan fingerprint density at radius 1 is 1.03 bits per heavy atom. The average molecular weight is 459 g/mol. The molecule has 4 aromatic rings. The second-order valence-corrected chi connectivity index (χ2v) is 8.71. The van der Waals surface area contributed by atoms with Crippen LogP contribution in [0, 0.1) is 20.8 Å². The van der Waals surface area contributed by atoms with Gasteiger partial charge in [-0.25, -0.2) is 14.8 Å². The summed E-state index contributed by atoms with van der Waals surface area (Å²) in [7, 11) is 0. The molecule has 9 nitrogen and oxygen atoms in total. The van der Waals surface area contributed by atoms with Gasteiger partial charge in [-0.15, -0.1) is 0 Å². The number of hydrogen-bond acceptors (Lipinski definition) is 6. The quantitative estimate of drug-likeness (QED) is 0.440. The molecule has 5 rings (SSSR count). The number of aryl methyl sites for hydroxylation is 5. The van der Waals surface area contributed by atoms with Gasteiger partial charge in [0, 0.05) is 34.1 Å². The topological polar surface area (TPSA) is 115 Å². The van der Waals surface area contributed by atoms with E-state index in [0.29, 0.717) is 23.0 Å². The van der Waals surface area contributed by atoms with Crippen molar-refractivity contribution in [2.24, 2.45) is 0 Å². The molecule has 1 aliphatic carbocycles. The van der Waals surface area contributed by atoms with Gasteiger partial charge >= 0.3 is 5.97 Å². The number of carbonyl (C=O) groups is 2. The van der Waals surface area contributed by atoms with Crippen LogP contribution < -0.4 is 5.32 Å². The summed E-state index contributed by atoms with van der Waals surface area (Å²) in [4.78, 5) is 37.5. The van der Waals surface area contributed by atoms with Crippen LogP contribution in [0.3, 0.4) is 0 Å². The van der Waals surface area contributed by atoms with Crippen molar-refractivity contribution in [2.45, 2.75) is 46.5 Å². The second kappa shape index (κ2) is 8.74. The molecule has 0 aliphatic heterocycles. The lowest BCUT2D eigenvalue weighted by molar-refractivity contribution is -0.119. The molecule has 0 unspecified atom stereocenters. The number of aromatic amines is 1. The number of aromatic nitrogens is 5. The van der Waals surface area contributed by atoms with Crippen molar-refractivity contribution >= 4 is 28.6 Å². The first kappa shape index (κ1) is 21.8. The fourth-order valence-electron chi connectivity index (χ4n) is 4.47. The highest BCUT2D eigenvalue weighted by Crippen LogP contribution is 2.29. The lowest BCUT2D eigenvalue weighted by Gasteiger charge is -2.11. The van der Waals surface area contributed by atoms with E-state index in [9.17, 15) is 9.59 Å². The van der Waals surface area contributed by atoms with Gasteiger partial charge in [-0.2, -0.15) is 9.78 Å². The van der Waals surface area contributed by atoms with E-state index in [1.807, 2.05) is 39.0 Å². The third-order valence-electron chi connectivity index (χ3n) is 5.93. The number of benzene rings is 1. The van der Waals surface area contributed by atoms with Gasteiger partial charge in [-0.1, -0.05) is 0 Å². The third-order valence-corrected chi connectivity index (χ3v) is 5.93. The Balaban J connectivity index is 1.28. The van der Waals surface area contributed by atoms with Gasteiger partial charge in [0.15, 0.2) is 6.61 Å². The number of fused-ring (bicyclic) bond motifs is 3. The van der Waals surface area contributed by atoms with Crippen LogP contribution in [0.2, 0.25) is 0 Å². The first-order valence-corrected chi connectivity index (χ1v) is 11.4. The summed E-state index contributed by atoms with van der Waals surface area (Å²) in [6.45, 7) is 5.13. The van der Waals surface area contributed by atoms with Crippen molar-refractivity contribution in [3.63, 3.8) is 0 Å². The number of nitrogens with zero attached hydrogens (tertiary/aromatic N) is 4. The van der Waals surface area contributed by atoms with Gasteiger partial charge in [0.1, 0.15) is 5.82 Å². The van der Waals surface area contributed by atoms with Crippen LogP contribution in [0.15, 0.2) is 30.3 Å². The predicted molar refractivity (Wildman–Crippen MR) is 127 cm³/mol. The smallest absolute Gasteiger partial charge is 0.338 e. The molecule has 0 bridgehead atoms. The van der Waals surface area contributed by atoms with Crippen LogP contribution in [-0.2, 0) is 22.4 Å². The van der Waals surface area contributed by atoms with E-state index < -0.39 is 18.5 Å². The summed E-state index contributed by atoms with van der Waals surface area (Å²) < 4.78 is 6.77. The molecule has 174 valence electrons. The molecule has 0 spiro atoms. The normalized spacial score (nSPS) is 13.0. The molecule has 2 N–H and O–H groups in total. The van der Waals surface area contributed by atoms with Crippen LogP contribution in [0.1, 0.15) is 51.5 Å². The summed E-state index contributed by atoms with van der Waals surface area (Å²) in [5.74, 6) is -0.242. The lowest BCUT2D eigenvalue weighted by atomic mass is 9.95. The van der Waals surface area contributed by atoms with E-state index >= 15 is 0 Å². The Hall–Kier alpha value is -4.01.